The Morgan fingerprint density at radius 2 is 1.79 bits per heavy atom. The molecule has 9 nitrogen and oxygen atoms in total. The van der Waals surface area contributed by atoms with E-state index < -0.39 is 10.8 Å². The first-order valence-electron chi connectivity index (χ1n) is 11.2. The summed E-state index contributed by atoms with van der Waals surface area (Å²) in [4.78, 5) is 37.8. The van der Waals surface area contributed by atoms with Crippen molar-refractivity contribution in [3.63, 3.8) is 0 Å². The molecule has 2 aromatic carbocycles. The van der Waals surface area contributed by atoms with Gasteiger partial charge in [-0.05, 0) is 56.9 Å². The molecule has 0 aromatic heterocycles. The molecule has 0 radical (unpaired) electrons. The van der Waals surface area contributed by atoms with Crippen LogP contribution in [0.15, 0.2) is 36.4 Å². The molecule has 0 aliphatic carbocycles. The van der Waals surface area contributed by atoms with Gasteiger partial charge in [0.15, 0.2) is 18.1 Å². The molecule has 0 atom stereocenters. The van der Waals surface area contributed by atoms with E-state index in [1.165, 1.54) is 12.1 Å². The zero-order valence-corrected chi connectivity index (χ0v) is 19.0. The van der Waals surface area contributed by atoms with Gasteiger partial charge in [0, 0.05) is 36.0 Å². The number of nitro groups is 1. The monoisotopic (exact) mass is 455 g/mol. The van der Waals surface area contributed by atoms with Crippen LogP contribution in [0.3, 0.4) is 0 Å². The molecule has 2 aromatic rings. The fourth-order valence-corrected chi connectivity index (χ4v) is 3.72. The summed E-state index contributed by atoms with van der Waals surface area (Å²) in [5, 5.41) is 14.0. The molecular formula is C24H29N3O6. The molecule has 0 bridgehead atoms. The number of likely N-dealkylation sites (tertiary alicyclic amines) is 1. The summed E-state index contributed by atoms with van der Waals surface area (Å²) < 4.78 is 11.3. The summed E-state index contributed by atoms with van der Waals surface area (Å²) >= 11 is 0. The van der Waals surface area contributed by atoms with Crippen molar-refractivity contribution in [1.29, 1.82) is 0 Å². The average Bonchev–Trinajstić information content (AvgIpc) is 2.83. The zero-order chi connectivity index (χ0) is 23.8. The lowest BCUT2D eigenvalue weighted by Crippen LogP contribution is -2.38. The Balaban J connectivity index is 1.71. The number of nitrogens with one attached hydrogen (secondary N) is 1. The van der Waals surface area contributed by atoms with Crippen LogP contribution in [0.5, 0.6) is 11.5 Å². The van der Waals surface area contributed by atoms with E-state index >= 15 is 0 Å². The van der Waals surface area contributed by atoms with Gasteiger partial charge in [-0.15, -0.1) is 0 Å². The molecule has 176 valence electrons. The van der Waals surface area contributed by atoms with Crippen LogP contribution in [0, 0.1) is 10.1 Å². The lowest BCUT2D eigenvalue weighted by Gasteiger charge is -2.26. The van der Waals surface area contributed by atoms with Crippen molar-refractivity contribution < 1.29 is 24.0 Å². The van der Waals surface area contributed by atoms with Gasteiger partial charge >= 0.3 is 0 Å². The van der Waals surface area contributed by atoms with Gasteiger partial charge in [-0.3, -0.25) is 19.7 Å². The van der Waals surface area contributed by atoms with E-state index in [0.717, 1.165) is 32.4 Å². The van der Waals surface area contributed by atoms with E-state index in [1.807, 2.05) is 13.8 Å². The molecule has 3 rings (SSSR count). The molecule has 1 N–H and O–H groups in total. The zero-order valence-electron chi connectivity index (χ0n) is 19.0. The Hall–Kier alpha value is -3.62. The Bertz CT molecular complexity index is 1020. The Morgan fingerprint density at radius 3 is 2.45 bits per heavy atom. The molecule has 1 fully saturated rings. The number of aryl methyl sites for hydroxylation is 1. The van der Waals surface area contributed by atoms with Crippen molar-refractivity contribution in [3.8, 4) is 11.5 Å². The van der Waals surface area contributed by atoms with E-state index in [9.17, 15) is 19.7 Å². The third kappa shape index (κ3) is 6.21. The molecule has 0 spiro atoms. The van der Waals surface area contributed by atoms with Crippen molar-refractivity contribution in [2.45, 2.75) is 39.5 Å². The number of piperidine rings is 1. The number of anilines is 1. The second kappa shape index (κ2) is 11.3. The minimum atomic E-state index is -0.459. The third-order valence-electron chi connectivity index (χ3n) is 5.49. The van der Waals surface area contributed by atoms with Crippen LogP contribution < -0.4 is 14.8 Å². The smallest absolute Gasteiger partial charge is 0.274 e. The first kappa shape index (κ1) is 24.0. The lowest BCUT2D eigenvalue weighted by atomic mass is 10.1. The van der Waals surface area contributed by atoms with Gasteiger partial charge in [0.05, 0.1) is 11.5 Å². The van der Waals surface area contributed by atoms with E-state index in [1.54, 1.807) is 29.2 Å². The predicted octanol–water partition coefficient (Wildman–Crippen LogP) is 4.20. The number of carbonyl (C=O) groups is 2. The molecule has 1 aliphatic heterocycles. The van der Waals surface area contributed by atoms with Gasteiger partial charge in [-0.1, -0.05) is 13.0 Å². The Morgan fingerprint density at radius 1 is 1.03 bits per heavy atom. The lowest BCUT2D eigenvalue weighted by molar-refractivity contribution is -0.385. The maximum Gasteiger partial charge on any atom is 0.274 e. The summed E-state index contributed by atoms with van der Waals surface area (Å²) in [6.07, 6.45) is 3.66. The second-order valence-corrected chi connectivity index (χ2v) is 7.73. The summed E-state index contributed by atoms with van der Waals surface area (Å²) in [6, 6.07) is 9.31. The molecule has 1 heterocycles. The number of hydrogen-bond acceptors (Lipinski definition) is 6. The van der Waals surface area contributed by atoms with E-state index in [0.29, 0.717) is 41.3 Å². The number of carbonyl (C=O) groups excluding carboxylic acids is 2. The highest BCUT2D eigenvalue weighted by Gasteiger charge is 2.19. The Kier molecular flexibility index (Phi) is 8.23. The van der Waals surface area contributed by atoms with Gasteiger partial charge < -0.3 is 19.7 Å². The normalized spacial score (nSPS) is 13.3. The first-order chi connectivity index (χ1) is 15.9. The summed E-state index contributed by atoms with van der Waals surface area (Å²) in [6.45, 7) is 5.39. The van der Waals surface area contributed by atoms with Crippen LogP contribution in [0.2, 0.25) is 0 Å². The minimum Gasteiger partial charge on any atom is -0.490 e. The van der Waals surface area contributed by atoms with Crippen molar-refractivity contribution in [1.82, 2.24) is 4.90 Å². The number of amides is 2. The van der Waals surface area contributed by atoms with Crippen LogP contribution in [0.1, 0.15) is 49.0 Å². The second-order valence-electron chi connectivity index (χ2n) is 7.73. The van der Waals surface area contributed by atoms with Crippen molar-refractivity contribution in [2.24, 2.45) is 0 Å². The van der Waals surface area contributed by atoms with Crippen molar-refractivity contribution in [2.75, 3.05) is 31.6 Å². The minimum absolute atomic E-state index is 0.0348. The van der Waals surface area contributed by atoms with Crippen LogP contribution in [-0.4, -0.2) is 47.9 Å². The van der Waals surface area contributed by atoms with Crippen LogP contribution in [-0.2, 0) is 11.2 Å². The van der Waals surface area contributed by atoms with Gasteiger partial charge in [0.25, 0.3) is 17.5 Å². The van der Waals surface area contributed by atoms with Crippen molar-refractivity contribution in [3.05, 3.63) is 57.6 Å². The number of nitro benzene ring substituents is 1. The average molecular weight is 456 g/mol. The predicted molar refractivity (Wildman–Crippen MR) is 124 cm³/mol. The summed E-state index contributed by atoms with van der Waals surface area (Å²) in [5.74, 6) is 0.215. The standard InChI is InChI=1S/C24H29N3O6/c1-3-17-8-10-19(15-20(17)27(30)31)25-24(29)18-9-11-21(22(14-18)32-4-2)33-16-23(28)26-12-6-5-7-13-26/h8-11,14-15H,3-7,12-13,16H2,1-2H3,(H,25,29). The maximum absolute atomic E-state index is 12.8. The van der Waals surface area contributed by atoms with Gasteiger partial charge in [-0.2, -0.15) is 0 Å². The third-order valence-corrected chi connectivity index (χ3v) is 5.49. The molecule has 1 aliphatic rings. The molecule has 0 saturated carbocycles. The van der Waals surface area contributed by atoms with E-state index in [-0.39, 0.29) is 18.2 Å². The number of rotatable bonds is 9. The maximum atomic E-state index is 12.8. The number of hydrogen-bond donors (Lipinski definition) is 1. The number of ether oxygens (including phenoxy) is 2. The first-order valence-corrected chi connectivity index (χ1v) is 11.2. The van der Waals surface area contributed by atoms with E-state index in [4.69, 9.17) is 9.47 Å². The molecule has 2 amide bonds. The van der Waals surface area contributed by atoms with Crippen molar-refractivity contribution >= 4 is 23.2 Å². The topological polar surface area (TPSA) is 111 Å². The largest absolute Gasteiger partial charge is 0.490 e. The fraction of sp³-hybridized carbons (Fsp3) is 0.417. The Labute approximate surface area is 192 Å². The molecular weight excluding hydrogens is 426 g/mol. The van der Waals surface area contributed by atoms with E-state index in [2.05, 4.69) is 5.32 Å². The molecule has 9 heteroatoms. The van der Waals surface area contributed by atoms with Crippen LogP contribution in [0.25, 0.3) is 0 Å². The molecule has 33 heavy (non-hydrogen) atoms. The van der Waals surface area contributed by atoms with Crippen LogP contribution >= 0.6 is 0 Å². The SMILES string of the molecule is CCOc1cc(C(=O)Nc2ccc(CC)c([N+](=O)[O-])c2)ccc1OCC(=O)N1CCCCC1. The molecule has 1 saturated heterocycles. The van der Waals surface area contributed by atoms with Crippen LogP contribution in [0.4, 0.5) is 11.4 Å². The van der Waals surface area contributed by atoms with Gasteiger partial charge in [0.1, 0.15) is 0 Å². The highest BCUT2D eigenvalue weighted by atomic mass is 16.6. The highest BCUT2D eigenvalue weighted by Crippen LogP contribution is 2.30. The molecule has 0 unspecified atom stereocenters. The fourth-order valence-electron chi connectivity index (χ4n) is 3.72. The van der Waals surface area contributed by atoms with Gasteiger partial charge in [-0.25, -0.2) is 0 Å². The summed E-state index contributed by atoms with van der Waals surface area (Å²) in [7, 11) is 0. The van der Waals surface area contributed by atoms with Gasteiger partial charge in [0.2, 0.25) is 0 Å². The highest BCUT2D eigenvalue weighted by molar-refractivity contribution is 6.04. The number of benzene rings is 2. The summed E-state index contributed by atoms with van der Waals surface area (Å²) in [5.41, 5.74) is 1.19. The quantitative estimate of drug-likeness (QED) is 0.448. The number of nitrogens with zero attached hydrogens (tertiary/aromatic N) is 2.